The summed E-state index contributed by atoms with van der Waals surface area (Å²) in [5.74, 6) is -2.76. The minimum absolute atomic E-state index is 0.0729. The van der Waals surface area contributed by atoms with E-state index < -0.39 is 23.9 Å². The van der Waals surface area contributed by atoms with Crippen molar-refractivity contribution in [1.29, 1.82) is 0 Å². The number of nitrogens with one attached hydrogen (secondary N) is 2. The Balaban J connectivity index is 1.71. The Bertz CT molecular complexity index is 939. The van der Waals surface area contributed by atoms with Gasteiger partial charge in [0, 0.05) is 0 Å². The predicted molar refractivity (Wildman–Crippen MR) is 86.5 cm³/mol. The molecule has 2 aromatic carbocycles. The Kier molecular flexibility index (Phi) is 5.06. The molecule has 0 saturated carbocycles. The van der Waals surface area contributed by atoms with E-state index in [9.17, 15) is 22.4 Å². The molecule has 0 aliphatic rings. The first-order valence-corrected chi connectivity index (χ1v) is 7.60. The van der Waals surface area contributed by atoms with Gasteiger partial charge in [-0.15, -0.1) is 5.10 Å². The minimum atomic E-state index is -4.70. The van der Waals surface area contributed by atoms with E-state index in [0.29, 0.717) is 5.56 Å². The normalized spacial score (nSPS) is 11.3. The summed E-state index contributed by atoms with van der Waals surface area (Å²) in [5.41, 5.74) is 0.758. The Morgan fingerprint density at radius 1 is 1.11 bits per heavy atom. The van der Waals surface area contributed by atoms with Crippen LogP contribution in [0.2, 0.25) is 0 Å². The lowest BCUT2D eigenvalue weighted by molar-refractivity contribution is -0.144. The molecule has 0 radical (unpaired) electrons. The second-order valence-corrected chi connectivity index (χ2v) is 5.37. The first-order chi connectivity index (χ1) is 12.8. The second-order valence-electron chi connectivity index (χ2n) is 5.37. The van der Waals surface area contributed by atoms with Gasteiger partial charge >= 0.3 is 6.18 Å². The van der Waals surface area contributed by atoms with Crippen molar-refractivity contribution in [2.45, 2.75) is 12.8 Å². The molecule has 2 N–H and O–H groups in total. The molecule has 0 aliphatic heterocycles. The van der Waals surface area contributed by atoms with Gasteiger partial charge in [-0.2, -0.15) is 18.2 Å². The number of carbonyl (C=O) groups excluding carboxylic acids is 1. The van der Waals surface area contributed by atoms with Gasteiger partial charge in [-0.1, -0.05) is 24.3 Å². The maximum atomic E-state index is 12.9. The Labute approximate surface area is 150 Å². The van der Waals surface area contributed by atoms with Crippen molar-refractivity contribution in [2.75, 3.05) is 5.32 Å². The molecule has 3 aromatic rings. The molecule has 140 valence electrons. The van der Waals surface area contributed by atoms with Crippen molar-refractivity contribution in [1.82, 2.24) is 15.2 Å². The zero-order valence-electron chi connectivity index (χ0n) is 13.5. The van der Waals surface area contributed by atoms with Crippen LogP contribution in [0.4, 0.5) is 23.5 Å². The quantitative estimate of drug-likeness (QED) is 0.660. The van der Waals surface area contributed by atoms with Crippen molar-refractivity contribution in [3.63, 3.8) is 0 Å². The molecule has 10 heteroatoms. The van der Waals surface area contributed by atoms with Gasteiger partial charge in [0.2, 0.25) is 11.8 Å². The number of amides is 1. The number of anilines is 1. The van der Waals surface area contributed by atoms with Crippen LogP contribution in [-0.4, -0.2) is 21.1 Å². The smallest absolute Gasteiger partial charge is 0.451 e. The van der Waals surface area contributed by atoms with Crippen LogP contribution >= 0.6 is 0 Å². The highest BCUT2D eigenvalue weighted by Crippen LogP contribution is 2.26. The number of para-hydroxylation sites is 1. The first-order valence-electron chi connectivity index (χ1n) is 7.60. The molecular formula is C17H12F4N4O2. The van der Waals surface area contributed by atoms with E-state index in [4.69, 9.17) is 4.74 Å². The lowest BCUT2D eigenvalue weighted by Gasteiger charge is -2.11. The number of benzene rings is 2. The summed E-state index contributed by atoms with van der Waals surface area (Å²) in [6.45, 7) is 0.0729. The van der Waals surface area contributed by atoms with Gasteiger partial charge in [-0.05, 0) is 29.8 Å². The first kappa shape index (κ1) is 18.4. The highest BCUT2D eigenvalue weighted by Gasteiger charge is 2.35. The van der Waals surface area contributed by atoms with E-state index in [-0.39, 0.29) is 23.7 Å². The van der Waals surface area contributed by atoms with Crippen LogP contribution in [0.15, 0.2) is 48.5 Å². The number of aromatic nitrogens is 3. The number of carbonyl (C=O) groups is 1. The number of rotatable bonds is 5. The van der Waals surface area contributed by atoms with E-state index in [1.165, 1.54) is 36.4 Å². The van der Waals surface area contributed by atoms with E-state index in [1.807, 2.05) is 0 Å². The monoisotopic (exact) mass is 380 g/mol. The molecule has 0 atom stereocenters. The van der Waals surface area contributed by atoms with Crippen LogP contribution in [0.5, 0.6) is 5.75 Å². The van der Waals surface area contributed by atoms with Crippen molar-refractivity contribution in [3.8, 4) is 5.75 Å². The summed E-state index contributed by atoms with van der Waals surface area (Å²) >= 11 is 0. The molecule has 0 saturated heterocycles. The molecule has 3 rings (SSSR count). The molecule has 0 fully saturated rings. The van der Waals surface area contributed by atoms with Gasteiger partial charge in [-0.3, -0.25) is 15.2 Å². The summed E-state index contributed by atoms with van der Waals surface area (Å²) in [6, 6.07) is 11.8. The number of halogens is 4. The van der Waals surface area contributed by atoms with Gasteiger partial charge in [-0.25, -0.2) is 4.39 Å². The van der Waals surface area contributed by atoms with E-state index in [1.54, 1.807) is 17.2 Å². The predicted octanol–water partition coefficient (Wildman–Crippen LogP) is 3.79. The zero-order chi connectivity index (χ0) is 19.4. The lowest BCUT2D eigenvalue weighted by atomic mass is 10.2. The third-order valence-corrected chi connectivity index (χ3v) is 3.42. The number of hydrogen-bond donors (Lipinski definition) is 2. The Morgan fingerprint density at radius 3 is 2.48 bits per heavy atom. The van der Waals surface area contributed by atoms with Crippen LogP contribution in [-0.2, 0) is 12.8 Å². The van der Waals surface area contributed by atoms with E-state index in [0.717, 1.165) is 0 Å². The van der Waals surface area contributed by atoms with Crippen LogP contribution < -0.4 is 10.1 Å². The largest absolute Gasteiger partial charge is 0.488 e. The molecule has 0 spiro atoms. The summed E-state index contributed by atoms with van der Waals surface area (Å²) < 4.78 is 56.1. The molecule has 0 unspecified atom stereocenters. The van der Waals surface area contributed by atoms with Gasteiger partial charge in [0.05, 0.1) is 5.56 Å². The van der Waals surface area contributed by atoms with Gasteiger partial charge in [0.15, 0.2) is 0 Å². The van der Waals surface area contributed by atoms with E-state index >= 15 is 0 Å². The minimum Gasteiger partial charge on any atom is -0.488 e. The molecular weight excluding hydrogens is 368 g/mol. The molecule has 6 nitrogen and oxygen atoms in total. The number of nitrogens with zero attached hydrogens (tertiary/aromatic N) is 2. The molecule has 1 aromatic heterocycles. The van der Waals surface area contributed by atoms with Crippen LogP contribution in [0, 0.1) is 5.82 Å². The Hall–Kier alpha value is -3.43. The molecule has 1 heterocycles. The number of alkyl halides is 3. The summed E-state index contributed by atoms with van der Waals surface area (Å²) in [4.78, 5) is 15.5. The fraction of sp³-hybridized carbons (Fsp3) is 0.118. The zero-order valence-corrected chi connectivity index (χ0v) is 13.5. The standard InChI is InChI=1S/C17H12F4N4O2/c18-11-7-5-10(6-8-11)9-27-13-4-2-1-3-12(13)14(26)22-16-23-15(24-25-16)17(19,20)21/h1-8H,9H2,(H2,22,23,24,25,26). The molecule has 1 amide bonds. The van der Waals surface area contributed by atoms with Crippen molar-refractivity contribution in [3.05, 3.63) is 71.3 Å². The number of H-pyrrole nitrogens is 1. The van der Waals surface area contributed by atoms with Gasteiger partial charge in [0.1, 0.15) is 18.2 Å². The summed E-state index contributed by atoms with van der Waals surface area (Å²) in [6.07, 6.45) is -4.70. The van der Waals surface area contributed by atoms with Crippen LogP contribution in [0.3, 0.4) is 0 Å². The number of hydrogen-bond acceptors (Lipinski definition) is 4. The third-order valence-electron chi connectivity index (χ3n) is 3.42. The number of aromatic amines is 1. The lowest BCUT2D eigenvalue weighted by Crippen LogP contribution is -2.15. The van der Waals surface area contributed by atoms with Crippen molar-refractivity contribution < 1.29 is 27.1 Å². The maximum Gasteiger partial charge on any atom is 0.451 e. The third kappa shape index (κ3) is 4.60. The summed E-state index contributed by atoms with van der Waals surface area (Å²) in [7, 11) is 0. The Morgan fingerprint density at radius 2 is 1.81 bits per heavy atom. The molecule has 0 aliphatic carbocycles. The molecule has 0 bridgehead atoms. The van der Waals surface area contributed by atoms with E-state index in [2.05, 4.69) is 15.4 Å². The van der Waals surface area contributed by atoms with Crippen LogP contribution in [0.1, 0.15) is 21.7 Å². The van der Waals surface area contributed by atoms with Crippen molar-refractivity contribution >= 4 is 11.9 Å². The highest BCUT2D eigenvalue weighted by molar-refractivity contribution is 6.05. The maximum absolute atomic E-state index is 12.9. The second kappa shape index (κ2) is 7.44. The average Bonchev–Trinajstić information content (AvgIpc) is 3.10. The summed E-state index contributed by atoms with van der Waals surface area (Å²) in [5, 5.41) is 7.20. The molecule has 27 heavy (non-hydrogen) atoms. The van der Waals surface area contributed by atoms with Crippen molar-refractivity contribution in [2.24, 2.45) is 0 Å². The number of ether oxygens (including phenoxy) is 1. The highest BCUT2D eigenvalue weighted by atomic mass is 19.4. The fourth-order valence-corrected chi connectivity index (χ4v) is 2.14. The van der Waals surface area contributed by atoms with Gasteiger partial charge in [0.25, 0.3) is 5.91 Å². The SMILES string of the molecule is O=C(Nc1n[nH]c(C(F)(F)F)n1)c1ccccc1OCc1ccc(F)cc1. The topological polar surface area (TPSA) is 79.9 Å². The fourth-order valence-electron chi connectivity index (χ4n) is 2.14. The van der Waals surface area contributed by atoms with Crippen LogP contribution in [0.25, 0.3) is 0 Å². The van der Waals surface area contributed by atoms with Gasteiger partial charge < -0.3 is 4.74 Å². The average molecular weight is 380 g/mol.